The van der Waals surface area contributed by atoms with Crippen LogP contribution in [0.5, 0.6) is 0 Å². The Morgan fingerprint density at radius 3 is 2.83 bits per heavy atom. The minimum absolute atomic E-state index is 0.0500. The fourth-order valence-electron chi connectivity index (χ4n) is 1.29. The van der Waals surface area contributed by atoms with E-state index in [-0.39, 0.29) is 6.61 Å². The van der Waals surface area contributed by atoms with Gasteiger partial charge in [-0.2, -0.15) is 0 Å². The number of hydrogen-bond donors (Lipinski definition) is 1. The minimum Gasteiger partial charge on any atom is -0.392 e. The summed E-state index contributed by atoms with van der Waals surface area (Å²) in [5.41, 5.74) is 1.77. The number of fused-ring (bicyclic) bond motifs is 1. The molecule has 12 heavy (non-hydrogen) atoms. The van der Waals surface area contributed by atoms with Crippen molar-refractivity contribution in [1.82, 2.24) is 4.98 Å². The van der Waals surface area contributed by atoms with Crippen molar-refractivity contribution in [3.05, 3.63) is 42.1 Å². The molecular formula is C10H9NO. The van der Waals surface area contributed by atoms with Crippen LogP contribution in [0.4, 0.5) is 0 Å². The molecule has 1 heterocycles. The molecule has 0 atom stereocenters. The van der Waals surface area contributed by atoms with Crippen molar-refractivity contribution >= 4 is 10.9 Å². The maximum atomic E-state index is 9.00. The molecule has 0 aliphatic carbocycles. The Balaban J connectivity index is 2.79. The van der Waals surface area contributed by atoms with Gasteiger partial charge in [0.2, 0.25) is 0 Å². The minimum atomic E-state index is 0.0500. The molecule has 0 amide bonds. The molecule has 0 radical (unpaired) electrons. The standard InChI is InChI=1S/C10H9NO/c12-7-9-4-1-3-8-5-2-6-11-10(8)9/h1-6,12H,7H2. The van der Waals surface area contributed by atoms with Crippen molar-refractivity contribution < 1.29 is 5.11 Å². The van der Waals surface area contributed by atoms with E-state index in [2.05, 4.69) is 4.98 Å². The fourth-order valence-corrected chi connectivity index (χ4v) is 1.29. The summed E-state index contributed by atoms with van der Waals surface area (Å²) < 4.78 is 0. The lowest BCUT2D eigenvalue weighted by molar-refractivity contribution is 0.283. The molecule has 0 aliphatic heterocycles. The lowest BCUT2D eigenvalue weighted by Gasteiger charge is -2.00. The number of pyridine rings is 1. The highest BCUT2D eigenvalue weighted by Crippen LogP contribution is 2.15. The van der Waals surface area contributed by atoms with Gasteiger partial charge in [-0.15, -0.1) is 0 Å². The highest BCUT2D eigenvalue weighted by Gasteiger charge is 1.98. The summed E-state index contributed by atoms with van der Waals surface area (Å²) in [7, 11) is 0. The van der Waals surface area contributed by atoms with Gasteiger partial charge in [0, 0.05) is 17.1 Å². The van der Waals surface area contributed by atoms with Crippen LogP contribution in [0.2, 0.25) is 0 Å². The Morgan fingerprint density at radius 1 is 1.17 bits per heavy atom. The number of nitrogens with zero attached hydrogens (tertiary/aromatic N) is 1. The van der Waals surface area contributed by atoms with Gasteiger partial charge >= 0.3 is 0 Å². The largest absolute Gasteiger partial charge is 0.392 e. The van der Waals surface area contributed by atoms with Crippen molar-refractivity contribution in [2.24, 2.45) is 0 Å². The van der Waals surface area contributed by atoms with Crippen LogP contribution in [0.3, 0.4) is 0 Å². The highest BCUT2D eigenvalue weighted by atomic mass is 16.3. The number of hydrogen-bond acceptors (Lipinski definition) is 2. The molecule has 0 spiro atoms. The van der Waals surface area contributed by atoms with Gasteiger partial charge in [0.15, 0.2) is 0 Å². The number of aliphatic hydroxyl groups is 1. The van der Waals surface area contributed by atoms with Crippen molar-refractivity contribution in [1.29, 1.82) is 0 Å². The second-order valence-corrected chi connectivity index (χ2v) is 2.65. The molecule has 0 unspecified atom stereocenters. The van der Waals surface area contributed by atoms with Crippen LogP contribution < -0.4 is 0 Å². The second-order valence-electron chi connectivity index (χ2n) is 2.65. The molecule has 0 aliphatic rings. The first kappa shape index (κ1) is 7.25. The lowest BCUT2D eigenvalue weighted by Crippen LogP contribution is -1.87. The van der Waals surface area contributed by atoms with Crippen LogP contribution in [0.1, 0.15) is 5.56 Å². The topological polar surface area (TPSA) is 33.1 Å². The average molecular weight is 159 g/mol. The third kappa shape index (κ3) is 1.06. The summed E-state index contributed by atoms with van der Waals surface area (Å²) in [6.07, 6.45) is 1.74. The quantitative estimate of drug-likeness (QED) is 0.687. The van der Waals surface area contributed by atoms with E-state index >= 15 is 0 Å². The van der Waals surface area contributed by atoms with E-state index in [1.54, 1.807) is 6.20 Å². The maximum Gasteiger partial charge on any atom is 0.0757 e. The maximum absolute atomic E-state index is 9.00. The molecule has 1 aromatic heterocycles. The van der Waals surface area contributed by atoms with Crippen molar-refractivity contribution in [2.45, 2.75) is 6.61 Å². The summed E-state index contributed by atoms with van der Waals surface area (Å²) >= 11 is 0. The number of aliphatic hydroxyl groups excluding tert-OH is 1. The molecule has 2 aromatic rings. The number of para-hydroxylation sites is 1. The SMILES string of the molecule is OCc1cccc2cccnc12. The third-order valence-electron chi connectivity index (χ3n) is 1.89. The molecule has 0 bridgehead atoms. The van der Waals surface area contributed by atoms with Crippen molar-refractivity contribution in [2.75, 3.05) is 0 Å². The first-order valence-electron chi connectivity index (χ1n) is 3.85. The van der Waals surface area contributed by atoms with Gasteiger partial charge in [-0.25, -0.2) is 0 Å². The Kier molecular flexibility index (Phi) is 1.76. The van der Waals surface area contributed by atoms with Crippen molar-refractivity contribution in [3.63, 3.8) is 0 Å². The smallest absolute Gasteiger partial charge is 0.0757 e. The first-order chi connectivity index (χ1) is 5.92. The molecule has 0 fully saturated rings. The van der Waals surface area contributed by atoms with Crippen LogP contribution in [0, 0.1) is 0 Å². The van der Waals surface area contributed by atoms with Gasteiger partial charge < -0.3 is 5.11 Å². The summed E-state index contributed by atoms with van der Waals surface area (Å²) in [6, 6.07) is 9.68. The predicted molar refractivity (Wildman–Crippen MR) is 47.7 cm³/mol. The van der Waals surface area contributed by atoms with Crippen LogP contribution >= 0.6 is 0 Å². The molecule has 60 valence electrons. The first-order valence-corrected chi connectivity index (χ1v) is 3.85. The number of rotatable bonds is 1. The van der Waals surface area contributed by atoms with E-state index in [4.69, 9.17) is 5.11 Å². The molecule has 0 saturated heterocycles. The molecule has 2 rings (SSSR count). The van der Waals surface area contributed by atoms with E-state index in [0.29, 0.717) is 0 Å². The van der Waals surface area contributed by atoms with E-state index in [9.17, 15) is 0 Å². The predicted octanol–water partition coefficient (Wildman–Crippen LogP) is 1.73. The summed E-state index contributed by atoms with van der Waals surface area (Å²) in [4.78, 5) is 4.19. The van der Waals surface area contributed by atoms with Crippen LogP contribution in [-0.4, -0.2) is 10.1 Å². The second kappa shape index (κ2) is 2.91. The highest BCUT2D eigenvalue weighted by molar-refractivity contribution is 5.81. The van der Waals surface area contributed by atoms with Gasteiger partial charge in [0.25, 0.3) is 0 Å². The van der Waals surface area contributed by atoms with Gasteiger partial charge in [0.1, 0.15) is 0 Å². The van der Waals surface area contributed by atoms with Crippen LogP contribution in [0.25, 0.3) is 10.9 Å². The zero-order valence-corrected chi connectivity index (χ0v) is 6.57. The van der Waals surface area contributed by atoms with Crippen LogP contribution in [-0.2, 0) is 6.61 Å². The number of benzene rings is 1. The van der Waals surface area contributed by atoms with E-state index in [0.717, 1.165) is 16.5 Å². The lowest BCUT2D eigenvalue weighted by atomic mass is 10.1. The zero-order chi connectivity index (χ0) is 8.39. The van der Waals surface area contributed by atoms with Gasteiger partial charge in [-0.1, -0.05) is 24.3 Å². The number of aromatic nitrogens is 1. The molecular weight excluding hydrogens is 150 g/mol. The zero-order valence-electron chi connectivity index (χ0n) is 6.57. The third-order valence-corrected chi connectivity index (χ3v) is 1.89. The normalized spacial score (nSPS) is 10.4. The van der Waals surface area contributed by atoms with Crippen molar-refractivity contribution in [3.8, 4) is 0 Å². The molecule has 2 nitrogen and oxygen atoms in total. The molecule has 0 saturated carbocycles. The van der Waals surface area contributed by atoms with Gasteiger partial charge in [-0.3, -0.25) is 4.98 Å². The summed E-state index contributed by atoms with van der Waals surface area (Å²) in [5, 5.41) is 10.1. The average Bonchev–Trinajstić information content (AvgIpc) is 2.17. The fraction of sp³-hybridized carbons (Fsp3) is 0.100. The molecule has 1 N–H and O–H groups in total. The molecule has 1 aromatic carbocycles. The Morgan fingerprint density at radius 2 is 2.00 bits per heavy atom. The Hall–Kier alpha value is -1.41. The Labute approximate surface area is 70.5 Å². The van der Waals surface area contributed by atoms with Gasteiger partial charge in [0.05, 0.1) is 12.1 Å². The van der Waals surface area contributed by atoms with Crippen LogP contribution in [0.15, 0.2) is 36.5 Å². The monoisotopic (exact) mass is 159 g/mol. The Bertz CT molecular complexity index is 392. The molecule has 2 heteroatoms. The van der Waals surface area contributed by atoms with Gasteiger partial charge in [-0.05, 0) is 6.07 Å². The van der Waals surface area contributed by atoms with E-state index in [1.165, 1.54) is 0 Å². The van der Waals surface area contributed by atoms with E-state index < -0.39 is 0 Å². The summed E-state index contributed by atoms with van der Waals surface area (Å²) in [6.45, 7) is 0.0500. The van der Waals surface area contributed by atoms with E-state index in [1.807, 2.05) is 30.3 Å². The summed E-state index contributed by atoms with van der Waals surface area (Å²) in [5.74, 6) is 0.